The van der Waals surface area contributed by atoms with Crippen molar-refractivity contribution < 1.29 is 9.85 Å². The summed E-state index contributed by atoms with van der Waals surface area (Å²) in [7, 11) is 0. The maximum absolute atomic E-state index is 11.2. The van der Waals surface area contributed by atoms with Crippen molar-refractivity contribution in [1.29, 1.82) is 0 Å². The highest BCUT2D eigenvalue weighted by molar-refractivity contribution is 5.67. The fourth-order valence-electron chi connectivity index (χ4n) is 2.64. The highest BCUT2D eigenvalue weighted by atomic mass is 16.6. The van der Waals surface area contributed by atoms with E-state index in [1.165, 1.54) is 12.1 Å². The summed E-state index contributed by atoms with van der Waals surface area (Å²) in [5.41, 5.74) is 0.0259. The van der Waals surface area contributed by atoms with E-state index in [1.54, 1.807) is 0 Å². The van der Waals surface area contributed by atoms with Gasteiger partial charge in [0.05, 0.1) is 15.9 Å². The van der Waals surface area contributed by atoms with Crippen LogP contribution in [-0.4, -0.2) is 22.4 Å². The molecule has 7 heteroatoms. The minimum absolute atomic E-state index is 0.194. The Morgan fingerprint density at radius 3 is 2.45 bits per heavy atom. The van der Waals surface area contributed by atoms with Gasteiger partial charge in [0.2, 0.25) is 0 Å². The first-order chi connectivity index (χ1) is 9.40. The topological polar surface area (TPSA) is 89.5 Å². The molecular formula is C13H17N3O4. The largest absolute Gasteiger partial charge is 0.363 e. The molecule has 0 radical (unpaired) electrons. The number of nitro groups is 2. The average molecular weight is 279 g/mol. The third-order valence-corrected chi connectivity index (χ3v) is 3.79. The van der Waals surface area contributed by atoms with Gasteiger partial charge >= 0.3 is 0 Å². The molecule has 108 valence electrons. The average Bonchev–Trinajstić information content (AvgIpc) is 2.40. The van der Waals surface area contributed by atoms with Gasteiger partial charge in [0.1, 0.15) is 5.69 Å². The predicted molar refractivity (Wildman–Crippen MR) is 75.0 cm³/mol. The number of anilines is 1. The molecule has 1 fully saturated rings. The van der Waals surface area contributed by atoms with Crippen LogP contribution in [0.4, 0.5) is 17.1 Å². The molecule has 1 aliphatic heterocycles. The summed E-state index contributed by atoms with van der Waals surface area (Å²) in [4.78, 5) is 22.8. The van der Waals surface area contributed by atoms with Gasteiger partial charge in [0.25, 0.3) is 11.4 Å². The van der Waals surface area contributed by atoms with Crippen molar-refractivity contribution >= 4 is 17.1 Å². The van der Waals surface area contributed by atoms with Crippen molar-refractivity contribution in [1.82, 2.24) is 0 Å². The molecule has 2 rings (SSSR count). The first kappa shape index (κ1) is 14.2. The van der Waals surface area contributed by atoms with E-state index < -0.39 is 9.85 Å². The number of benzene rings is 1. The van der Waals surface area contributed by atoms with Crippen LogP contribution in [0.5, 0.6) is 0 Å². The van der Waals surface area contributed by atoms with Crippen molar-refractivity contribution in [3.05, 3.63) is 38.4 Å². The minimum Gasteiger partial charge on any atom is -0.363 e. The number of hydrogen-bond acceptors (Lipinski definition) is 5. The van der Waals surface area contributed by atoms with E-state index in [-0.39, 0.29) is 17.4 Å². The Balaban J connectivity index is 2.44. The summed E-state index contributed by atoms with van der Waals surface area (Å²) in [5.74, 6) is 0.459. The number of rotatable bonds is 3. The molecular weight excluding hydrogens is 262 g/mol. The Morgan fingerprint density at radius 2 is 1.85 bits per heavy atom. The van der Waals surface area contributed by atoms with Crippen LogP contribution < -0.4 is 4.90 Å². The molecule has 1 aliphatic rings. The lowest BCUT2D eigenvalue weighted by molar-refractivity contribution is -0.393. The molecule has 0 aliphatic carbocycles. The van der Waals surface area contributed by atoms with Crippen LogP contribution in [-0.2, 0) is 0 Å². The number of hydrogen-bond donors (Lipinski definition) is 0. The second kappa shape index (κ2) is 5.44. The van der Waals surface area contributed by atoms with Gasteiger partial charge in [0.15, 0.2) is 0 Å². The van der Waals surface area contributed by atoms with Gasteiger partial charge < -0.3 is 4.90 Å². The lowest BCUT2D eigenvalue weighted by atomic mass is 9.94. The number of non-ortho nitro benzene ring substituents is 1. The van der Waals surface area contributed by atoms with E-state index >= 15 is 0 Å². The summed E-state index contributed by atoms with van der Waals surface area (Å²) in [6, 6.07) is 4.06. The molecule has 0 bridgehead atoms. The Hall–Kier alpha value is -2.18. The normalized spacial score (nSPS) is 22.6. The molecule has 0 saturated carbocycles. The first-order valence-corrected chi connectivity index (χ1v) is 6.59. The molecule has 7 nitrogen and oxygen atoms in total. The van der Waals surface area contributed by atoms with Crippen LogP contribution in [0.2, 0.25) is 0 Å². The van der Waals surface area contributed by atoms with Gasteiger partial charge in [-0.3, -0.25) is 20.2 Å². The van der Waals surface area contributed by atoms with E-state index in [4.69, 9.17) is 0 Å². The Morgan fingerprint density at radius 1 is 1.15 bits per heavy atom. The molecule has 2 atom stereocenters. The van der Waals surface area contributed by atoms with Crippen LogP contribution in [0.15, 0.2) is 18.2 Å². The maximum Gasteiger partial charge on any atom is 0.299 e. The highest BCUT2D eigenvalue weighted by Gasteiger charge is 2.29. The van der Waals surface area contributed by atoms with Crippen LogP contribution in [0, 0.1) is 26.1 Å². The predicted octanol–water partition coefficient (Wildman–Crippen LogP) is 3.13. The van der Waals surface area contributed by atoms with Crippen molar-refractivity contribution in [3.8, 4) is 0 Å². The molecule has 1 heterocycles. The van der Waals surface area contributed by atoms with Gasteiger partial charge in [-0.25, -0.2) is 0 Å². The summed E-state index contributed by atoms with van der Waals surface area (Å²) >= 11 is 0. The van der Waals surface area contributed by atoms with Crippen LogP contribution in [0.3, 0.4) is 0 Å². The van der Waals surface area contributed by atoms with E-state index in [1.807, 2.05) is 11.8 Å². The Labute approximate surface area is 116 Å². The number of nitro benzene ring substituents is 2. The van der Waals surface area contributed by atoms with Crippen molar-refractivity contribution in [2.45, 2.75) is 32.7 Å². The summed E-state index contributed by atoms with van der Waals surface area (Å²) in [6.07, 6.45) is 2.06. The van der Waals surface area contributed by atoms with Gasteiger partial charge in [-0.2, -0.15) is 0 Å². The van der Waals surface area contributed by atoms with Gasteiger partial charge in [-0.15, -0.1) is 0 Å². The van der Waals surface area contributed by atoms with Crippen LogP contribution >= 0.6 is 0 Å². The first-order valence-electron chi connectivity index (χ1n) is 6.59. The van der Waals surface area contributed by atoms with Gasteiger partial charge in [0, 0.05) is 18.7 Å². The highest BCUT2D eigenvalue weighted by Crippen LogP contribution is 2.36. The molecule has 1 aromatic rings. The lowest BCUT2D eigenvalue weighted by Gasteiger charge is -2.38. The number of nitrogens with zero attached hydrogens (tertiary/aromatic N) is 3. The van der Waals surface area contributed by atoms with E-state index in [0.29, 0.717) is 11.6 Å². The summed E-state index contributed by atoms with van der Waals surface area (Å²) in [6.45, 7) is 4.87. The third kappa shape index (κ3) is 2.71. The zero-order valence-electron chi connectivity index (χ0n) is 11.5. The minimum atomic E-state index is -0.612. The molecule has 2 unspecified atom stereocenters. The molecule has 1 aromatic carbocycles. The maximum atomic E-state index is 11.2. The van der Waals surface area contributed by atoms with Crippen LogP contribution in [0.1, 0.15) is 26.7 Å². The molecule has 0 amide bonds. The fourth-order valence-corrected chi connectivity index (χ4v) is 2.64. The molecule has 1 saturated heterocycles. The molecule has 0 N–H and O–H groups in total. The monoisotopic (exact) mass is 279 g/mol. The Kier molecular flexibility index (Phi) is 3.87. The van der Waals surface area contributed by atoms with Crippen molar-refractivity contribution in [2.24, 2.45) is 5.92 Å². The van der Waals surface area contributed by atoms with Gasteiger partial charge in [-0.05, 0) is 31.7 Å². The summed E-state index contributed by atoms with van der Waals surface area (Å²) in [5, 5.41) is 21.9. The standard InChI is InChI=1S/C13H17N3O4/c1-9-3-4-10(2)14(8-9)12-6-5-11(15(17)18)7-13(12)16(19)20/h5-7,9-10H,3-4,8H2,1-2H3. The van der Waals surface area contributed by atoms with E-state index in [0.717, 1.165) is 25.5 Å². The molecule has 20 heavy (non-hydrogen) atoms. The summed E-state index contributed by atoms with van der Waals surface area (Å²) < 4.78 is 0. The van der Waals surface area contributed by atoms with E-state index in [9.17, 15) is 20.2 Å². The van der Waals surface area contributed by atoms with E-state index in [2.05, 4.69) is 6.92 Å². The quantitative estimate of drug-likeness (QED) is 0.626. The second-order valence-electron chi connectivity index (χ2n) is 5.37. The Bertz CT molecular complexity index is 546. The molecule has 0 spiro atoms. The fraction of sp³-hybridized carbons (Fsp3) is 0.538. The zero-order chi connectivity index (χ0) is 14.9. The second-order valence-corrected chi connectivity index (χ2v) is 5.37. The van der Waals surface area contributed by atoms with Crippen molar-refractivity contribution in [3.63, 3.8) is 0 Å². The van der Waals surface area contributed by atoms with Crippen molar-refractivity contribution in [2.75, 3.05) is 11.4 Å². The van der Waals surface area contributed by atoms with Gasteiger partial charge in [-0.1, -0.05) is 6.92 Å². The zero-order valence-corrected chi connectivity index (χ0v) is 11.5. The van der Waals surface area contributed by atoms with Crippen LogP contribution in [0.25, 0.3) is 0 Å². The lowest BCUT2D eigenvalue weighted by Crippen LogP contribution is -2.41. The third-order valence-electron chi connectivity index (χ3n) is 3.79. The number of piperidine rings is 1. The SMILES string of the molecule is CC1CCC(C)N(c2ccc([N+](=O)[O-])cc2[N+](=O)[O-])C1. The molecule has 0 aromatic heterocycles. The smallest absolute Gasteiger partial charge is 0.299 e.